The van der Waals surface area contributed by atoms with E-state index >= 15 is 0 Å². The third-order valence-electron chi connectivity index (χ3n) is 4.28. The molecule has 0 bridgehead atoms. The average Bonchev–Trinajstić information content (AvgIpc) is 2.77. The van der Waals surface area contributed by atoms with Crippen LogP contribution in [0.1, 0.15) is 13.3 Å². The Morgan fingerprint density at radius 1 is 1.23 bits per heavy atom. The fraction of sp³-hybridized carbons (Fsp3) is 0.333. The number of imide groups is 2. The van der Waals surface area contributed by atoms with Crippen LogP contribution in [0.3, 0.4) is 0 Å². The molecule has 3 rings (SSSR count). The summed E-state index contributed by atoms with van der Waals surface area (Å²) in [7, 11) is 0. The lowest BCUT2D eigenvalue weighted by Crippen LogP contribution is -2.44. The van der Waals surface area contributed by atoms with Crippen LogP contribution in [0.5, 0.6) is 0 Å². The smallest absolute Gasteiger partial charge is 0.310 e. The molecule has 2 aliphatic heterocycles. The summed E-state index contributed by atoms with van der Waals surface area (Å²) in [6, 6.07) is 6.77. The van der Waals surface area contributed by atoms with E-state index in [0.717, 1.165) is 21.9 Å². The highest BCUT2D eigenvalue weighted by Gasteiger charge is 2.45. The van der Waals surface area contributed by atoms with Crippen LogP contribution >= 0.6 is 11.8 Å². The summed E-state index contributed by atoms with van der Waals surface area (Å²) in [4.78, 5) is 53.2. The third-order valence-corrected chi connectivity index (χ3v) is 5.52. The van der Waals surface area contributed by atoms with Crippen molar-refractivity contribution in [2.45, 2.75) is 23.5 Å². The predicted octanol–water partition coefficient (Wildman–Crippen LogP) is 1.88. The van der Waals surface area contributed by atoms with E-state index in [1.807, 2.05) is 24.3 Å². The summed E-state index contributed by atoms with van der Waals surface area (Å²) in [6.45, 7) is 5.53. The highest BCUT2D eigenvalue weighted by Crippen LogP contribution is 2.37. The van der Waals surface area contributed by atoms with Gasteiger partial charge in [0.05, 0.1) is 5.69 Å². The highest BCUT2D eigenvalue weighted by molar-refractivity contribution is 8.00. The van der Waals surface area contributed by atoms with Gasteiger partial charge in [0, 0.05) is 23.2 Å². The molecule has 1 aromatic rings. The molecule has 0 aromatic heterocycles. The number of rotatable bonds is 4. The quantitative estimate of drug-likeness (QED) is 0.457. The van der Waals surface area contributed by atoms with E-state index in [-0.39, 0.29) is 12.5 Å². The van der Waals surface area contributed by atoms with Gasteiger partial charge in [-0.25, -0.2) is 9.69 Å². The Kier molecular flexibility index (Phi) is 5.13. The summed E-state index contributed by atoms with van der Waals surface area (Å²) in [6.07, 6.45) is 2.15. The van der Waals surface area contributed by atoms with Crippen LogP contribution in [0, 0.1) is 0 Å². The minimum atomic E-state index is -0.976. The minimum Gasteiger partial charge on any atom is -0.310 e. The van der Waals surface area contributed by atoms with Crippen molar-refractivity contribution in [3.63, 3.8) is 0 Å². The van der Waals surface area contributed by atoms with Crippen molar-refractivity contribution in [2.75, 3.05) is 24.5 Å². The number of thioether (sulfide) groups is 1. The standard InChI is InChI=1S/C18H19N3O4S/c1-3-9-20-16(23)17(24)21(18(20)25)11-15(22)19-10-8-12(2)26-14-7-5-4-6-13(14)19/h3-7,12H,1,8-11H2,2H3/t12-/m1/s1. The van der Waals surface area contributed by atoms with Crippen molar-refractivity contribution in [1.29, 1.82) is 0 Å². The Balaban J connectivity index is 1.82. The van der Waals surface area contributed by atoms with Crippen LogP contribution in [-0.2, 0) is 14.4 Å². The summed E-state index contributed by atoms with van der Waals surface area (Å²) in [5.41, 5.74) is 0.764. The lowest BCUT2D eigenvalue weighted by atomic mass is 10.2. The molecule has 1 aromatic carbocycles. The maximum atomic E-state index is 12.9. The fourth-order valence-corrected chi connectivity index (χ4v) is 4.06. The number of carbonyl (C=O) groups excluding carboxylic acids is 4. The normalized spacial score (nSPS) is 20.3. The lowest BCUT2D eigenvalue weighted by molar-refractivity contribution is -0.143. The molecule has 1 atom stereocenters. The molecule has 26 heavy (non-hydrogen) atoms. The lowest BCUT2D eigenvalue weighted by Gasteiger charge is -2.24. The molecule has 8 heteroatoms. The molecule has 2 heterocycles. The topological polar surface area (TPSA) is 78.0 Å². The van der Waals surface area contributed by atoms with Crippen molar-refractivity contribution in [2.24, 2.45) is 0 Å². The Hall–Kier alpha value is -2.61. The minimum absolute atomic E-state index is 0.0607. The largest absolute Gasteiger partial charge is 0.335 e. The Morgan fingerprint density at radius 3 is 2.65 bits per heavy atom. The SMILES string of the molecule is C=CCN1C(=O)C(=O)N(CC(=O)N2CC[C@@H](C)Sc3ccccc32)C1=O. The number of nitrogens with zero attached hydrogens (tertiary/aromatic N) is 3. The van der Waals surface area contributed by atoms with E-state index in [2.05, 4.69) is 13.5 Å². The first-order valence-corrected chi connectivity index (χ1v) is 9.16. The van der Waals surface area contributed by atoms with Crippen molar-refractivity contribution < 1.29 is 19.2 Å². The Labute approximate surface area is 155 Å². The van der Waals surface area contributed by atoms with Gasteiger partial charge in [-0.05, 0) is 18.6 Å². The zero-order valence-corrected chi connectivity index (χ0v) is 15.2. The molecule has 5 amide bonds. The van der Waals surface area contributed by atoms with Gasteiger partial charge in [-0.1, -0.05) is 25.1 Å². The summed E-state index contributed by atoms with van der Waals surface area (Å²) >= 11 is 1.69. The fourth-order valence-electron chi connectivity index (χ4n) is 2.95. The number of anilines is 1. The second kappa shape index (κ2) is 7.33. The summed E-state index contributed by atoms with van der Waals surface area (Å²) in [5, 5.41) is 0.341. The first kappa shape index (κ1) is 18.2. The van der Waals surface area contributed by atoms with Crippen LogP contribution < -0.4 is 4.90 Å². The number of fused-ring (bicyclic) bond motifs is 1. The van der Waals surface area contributed by atoms with Gasteiger partial charge in [0.25, 0.3) is 0 Å². The van der Waals surface area contributed by atoms with Crippen LogP contribution in [-0.4, -0.2) is 58.4 Å². The number of carbonyl (C=O) groups is 4. The zero-order chi connectivity index (χ0) is 18.8. The molecule has 0 saturated carbocycles. The molecule has 1 saturated heterocycles. The monoisotopic (exact) mass is 373 g/mol. The number of benzene rings is 1. The van der Waals surface area contributed by atoms with Gasteiger partial charge in [-0.3, -0.25) is 19.3 Å². The first-order chi connectivity index (χ1) is 12.4. The van der Waals surface area contributed by atoms with Crippen LogP contribution in [0.15, 0.2) is 41.8 Å². The molecule has 0 spiro atoms. The number of amides is 5. The van der Waals surface area contributed by atoms with Gasteiger partial charge < -0.3 is 4.90 Å². The maximum absolute atomic E-state index is 12.9. The molecule has 2 aliphatic rings. The molecule has 0 N–H and O–H groups in total. The molecule has 0 radical (unpaired) electrons. The zero-order valence-electron chi connectivity index (χ0n) is 14.4. The van der Waals surface area contributed by atoms with Gasteiger partial charge in [0.1, 0.15) is 6.54 Å². The van der Waals surface area contributed by atoms with Gasteiger partial charge in [0.15, 0.2) is 0 Å². The molecule has 7 nitrogen and oxygen atoms in total. The summed E-state index contributed by atoms with van der Waals surface area (Å²) in [5.74, 6) is -2.29. The van der Waals surface area contributed by atoms with E-state index in [4.69, 9.17) is 0 Å². The van der Waals surface area contributed by atoms with E-state index < -0.39 is 24.4 Å². The number of hydrogen-bond donors (Lipinski definition) is 0. The Bertz CT molecular complexity index is 794. The second-order valence-corrected chi connectivity index (χ2v) is 7.59. The predicted molar refractivity (Wildman–Crippen MR) is 97.8 cm³/mol. The average molecular weight is 373 g/mol. The second-order valence-electron chi connectivity index (χ2n) is 6.11. The summed E-state index contributed by atoms with van der Waals surface area (Å²) < 4.78 is 0. The molecular formula is C18H19N3O4S. The number of hydrogen-bond acceptors (Lipinski definition) is 5. The number of urea groups is 1. The van der Waals surface area contributed by atoms with E-state index in [1.54, 1.807) is 16.7 Å². The van der Waals surface area contributed by atoms with Crippen LogP contribution in [0.4, 0.5) is 10.5 Å². The first-order valence-electron chi connectivity index (χ1n) is 8.28. The van der Waals surface area contributed by atoms with Crippen molar-refractivity contribution in [3.8, 4) is 0 Å². The molecule has 1 fully saturated rings. The molecule has 136 valence electrons. The van der Waals surface area contributed by atoms with Gasteiger partial charge in [0.2, 0.25) is 5.91 Å². The molecular weight excluding hydrogens is 354 g/mol. The van der Waals surface area contributed by atoms with Crippen molar-refractivity contribution in [1.82, 2.24) is 9.80 Å². The maximum Gasteiger partial charge on any atom is 0.335 e. The third kappa shape index (κ3) is 3.24. The van der Waals surface area contributed by atoms with Crippen molar-refractivity contribution in [3.05, 3.63) is 36.9 Å². The van der Waals surface area contributed by atoms with Crippen LogP contribution in [0.2, 0.25) is 0 Å². The van der Waals surface area contributed by atoms with E-state index in [0.29, 0.717) is 16.7 Å². The van der Waals surface area contributed by atoms with Gasteiger partial charge >= 0.3 is 17.8 Å². The van der Waals surface area contributed by atoms with Gasteiger partial charge in [-0.2, -0.15) is 0 Å². The Morgan fingerprint density at radius 2 is 1.92 bits per heavy atom. The molecule has 0 aliphatic carbocycles. The van der Waals surface area contributed by atoms with Crippen molar-refractivity contribution >= 4 is 41.2 Å². The van der Waals surface area contributed by atoms with Gasteiger partial charge in [-0.15, -0.1) is 18.3 Å². The molecule has 0 unspecified atom stereocenters. The highest BCUT2D eigenvalue weighted by atomic mass is 32.2. The van der Waals surface area contributed by atoms with E-state index in [9.17, 15) is 19.2 Å². The van der Waals surface area contributed by atoms with E-state index in [1.165, 1.54) is 6.08 Å². The van der Waals surface area contributed by atoms with Crippen LogP contribution in [0.25, 0.3) is 0 Å². The number of para-hydroxylation sites is 1.